The normalized spacial score (nSPS) is 18.4. The number of hydrogen-bond acceptors (Lipinski definition) is 3. The molecule has 0 bridgehead atoms. The highest BCUT2D eigenvalue weighted by atomic mass is 16.5. The van der Waals surface area contributed by atoms with Crippen molar-refractivity contribution >= 4 is 5.97 Å². The molecule has 0 heterocycles. The van der Waals surface area contributed by atoms with Crippen LogP contribution in [0.1, 0.15) is 76.7 Å². The van der Waals surface area contributed by atoms with Crippen LogP contribution in [-0.2, 0) is 9.53 Å². The molecule has 0 N–H and O–H groups in total. The molecule has 0 radical (unpaired) electrons. The van der Waals surface area contributed by atoms with E-state index in [9.17, 15) is 4.79 Å². The summed E-state index contributed by atoms with van der Waals surface area (Å²) in [5.74, 6) is 1.25. The first-order valence-electron chi connectivity index (χ1n) is 9.68. The maximum Gasteiger partial charge on any atom is 0.333 e. The third kappa shape index (κ3) is 6.22. The molecule has 1 aliphatic rings. The molecular formula is C22H32O3. The highest BCUT2D eigenvalue weighted by molar-refractivity contribution is 5.88. The molecule has 2 unspecified atom stereocenters. The molecule has 0 aliphatic heterocycles. The highest BCUT2D eigenvalue weighted by Gasteiger charge is 2.22. The molecule has 2 rings (SSSR count). The van der Waals surface area contributed by atoms with Gasteiger partial charge >= 0.3 is 5.97 Å². The number of benzene rings is 1. The third-order valence-electron chi connectivity index (χ3n) is 5.03. The predicted octanol–water partition coefficient (Wildman–Crippen LogP) is 5.79. The van der Waals surface area contributed by atoms with Gasteiger partial charge in [-0.2, -0.15) is 0 Å². The minimum absolute atomic E-state index is 0.0181. The molecule has 0 aromatic heterocycles. The summed E-state index contributed by atoms with van der Waals surface area (Å²) in [6.45, 7) is 4.21. The van der Waals surface area contributed by atoms with Crippen LogP contribution in [0.2, 0.25) is 0 Å². The van der Waals surface area contributed by atoms with Gasteiger partial charge in [-0.15, -0.1) is 0 Å². The summed E-state index contributed by atoms with van der Waals surface area (Å²) in [7, 11) is 1.68. The first-order chi connectivity index (χ1) is 12.1. The number of carbonyl (C=O) groups is 1. The number of rotatable bonds is 9. The van der Waals surface area contributed by atoms with Gasteiger partial charge in [-0.3, -0.25) is 0 Å². The van der Waals surface area contributed by atoms with E-state index in [4.69, 9.17) is 9.47 Å². The molecule has 2 atom stereocenters. The molecule has 138 valence electrons. The number of hydrogen-bond donors (Lipinski definition) is 0. The van der Waals surface area contributed by atoms with Crippen molar-refractivity contribution < 1.29 is 14.3 Å². The van der Waals surface area contributed by atoms with E-state index in [2.05, 4.69) is 25.1 Å². The van der Waals surface area contributed by atoms with Crippen LogP contribution in [0.25, 0.3) is 0 Å². The Balaban J connectivity index is 1.79. The van der Waals surface area contributed by atoms with Gasteiger partial charge in [-0.05, 0) is 62.6 Å². The Morgan fingerprint density at radius 1 is 1.20 bits per heavy atom. The summed E-state index contributed by atoms with van der Waals surface area (Å²) < 4.78 is 10.8. The Morgan fingerprint density at radius 2 is 1.96 bits per heavy atom. The molecule has 1 aliphatic carbocycles. The summed E-state index contributed by atoms with van der Waals surface area (Å²) in [5, 5.41) is 0. The largest absolute Gasteiger partial charge is 0.497 e. The van der Waals surface area contributed by atoms with Crippen LogP contribution < -0.4 is 4.74 Å². The summed E-state index contributed by atoms with van der Waals surface area (Å²) in [4.78, 5) is 12.3. The van der Waals surface area contributed by atoms with E-state index in [1.807, 2.05) is 19.1 Å². The first-order valence-corrected chi connectivity index (χ1v) is 9.68. The summed E-state index contributed by atoms with van der Waals surface area (Å²) in [6.07, 6.45) is 10.6. The lowest BCUT2D eigenvalue weighted by Crippen LogP contribution is -2.18. The molecule has 0 saturated heterocycles. The van der Waals surface area contributed by atoms with Gasteiger partial charge in [0, 0.05) is 5.57 Å². The Bertz CT molecular complexity index is 559. The SMILES string of the molecule is CCCCCCC(C)OC(=O)C1=CCC(c2ccc(OC)cc2)CC1. The van der Waals surface area contributed by atoms with Gasteiger partial charge in [0.15, 0.2) is 0 Å². The third-order valence-corrected chi connectivity index (χ3v) is 5.03. The Morgan fingerprint density at radius 3 is 2.56 bits per heavy atom. The Labute approximate surface area is 152 Å². The van der Waals surface area contributed by atoms with E-state index in [-0.39, 0.29) is 12.1 Å². The predicted molar refractivity (Wildman–Crippen MR) is 102 cm³/mol. The van der Waals surface area contributed by atoms with Crippen molar-refractivity contribution in [3.63, 3.8) is 0 Å². The van der Waals surface area contributed by atoms with Crippen LogP contribution in [0, 0.1) is 0 Å². The van der Waals surface area contributed by atoms with Crippen molar-refractivity contribution in [3.05, 3.63) is 41.5 Å². The molecule has 0 saturated carbocycles. The van der Waals surface area contributed by atoms with Crippen LogP contribution in [-0.4, -0.2) is 19.2 Å². The number of ether oxygens (including phenoxy) is 2. The fourth-order valence-corrected chi connectivity index (χ4v) is 3.37. The second-order valence-corrected chi connectivity index (χ2v) is 7.04. The number of methoxy groups -OCH3 is 1. The van der Waals surface area contributed by atoms with Crippen LogP contribution in [0.4, 0.5) is 0 Å². The van der Waals surface area contributed by atoms with Gasteiger partial charge in [0.2, 0.25) is 0 Å². The zero-order chi connectivity index (χ0) is 18.1. The summed E-state index contributed by atoms with van der Waals surface area (Å²) in [5.41, 5.74) is 2.17. The van der Waals surface area contributed by atoms with Crippen LogP contribution >= 0.6 is 0 Å². The fourth-order valence-electron chi connectivity index (χ4n) is 3.37. The quantitative estimate of drug-likeness (QED) is 0.420. The van der Waals surface area contributed by atoms with E-state index in [0.29, 0.717) is 5.92 Å². The highest BCUT2D eigenvalue weighted by Crippen LogP contribution is 2.33. The number of unbranched alkanes of at least 4 members (excludes halogenated alkanes) is 3. The van der Waals surface area contributed by atoms with Crippen molar-refractivity contribution in [2.24, 2.45) is 0 Å². The topological polar surface area (TPSA) is 35.5 Å². The lowest BCUT2D eigenvalue weighted by molar-refractivity contribution is -0.144. The van der Waals surface area contributed by atoms with Crippen LogP contribution in [0.5, 0.6) is 5.75 Å². The van der Waals surface area contributed by atoms with E-state index in [1.54, 1.807) is 7.11 Å². The monoisotopic (exact) mass is 344 g/mol. The van der Waals surface area contributed by atoms with Crippen molar-refractivity contribution in [2.45, 2.75) is 77.2 Å². The van der Waals surface area contributed by atoms with E-state index >= 15 is 0 Å². The van der Waals surface area contributed by atoms with Gasteiger partial charge in [-0.1, -0.05) is 44.4 Å². The Hall–Kier alpha value is -1.77. The molecular weight excluding hydrogens is 312 g/mol. The number of carbonyl (C=O) groups excluding carboxylic acids is 1. The molecule has 25 heavy (non-hydrogen) atoms. The molecule has 1 aromatic carbocycles. The van der Waals surface area contributed by atoms with Crippen LogP contribution in [0.3, 0.4) is 0 Å². The lowest BCUT2D eigenvalue weighted by atomic mass is 9.84. The van der Waals surface area contributed by atoms with Gasteiger partial charge < -0.3 is 9.47 Å². The maximum atomic E-state index is 12.3. The first kappa shape index (κ1) is 19.6. The van der Waals surface area contributed by atoms with E-state index in [0.717, 1.165) is 43.4 Å². The van der Waals surface area contributed by atoms with Crippen molar-refractivity contribution in [1.82, 2.24) is 0 Å². The lowest BCUT2D eigenvalue weighted by Gasteiger charge is -2.23. The van der Waals surface area contributed by atoms with Gasteiger partial charge in [0.25, 0.3) is 0 Å². The Kier molecular flexibility index (Phi) is 8.03. The van der Waals surface area contributed by atoms with E-state index in [1.165, 1.54) is 24.8 Å². The molecule has 0 fully saturated rings. The van der Waals surface area contributed by atoms with E-state index < -0.39 is 0 Å². The van der Waals surface area contributed by atoms with Crippen molar-refractivity contribution in [2.75, 3.05) is 7.11 Å². The van der Waals surface area contributed by atoms with Crippen molar-refractivity contribution in [1.29, 1.82) is 0 Å². The minimum Gasteiger partial charge on any atom is -0.497 e. The summed E-state index contributed by atoms with van der Waals surface area (Å²) in [6, 6.07) is 8.25. The minimum atomic E-state index is -0.115. The fraction of sp³-hybridized carbons (Fsp3) is 0.591. The molecule has 0 spiro atoms. The average molecular weight is 344 g/mol. The average Bonchev–Trinajstić information content (AvgIpc) is 2.65. The molecule has 1 aromatic rings. The van der Waals surface area contributed by atoms with Crippen molar-refractivity contribution in [3.8, 4) is 5.75 Å². The van der Waals surface area contributed by atoms with Crippen LogP contribution in [0.15, 0.2) is 35.9 Å². The zero-order valence-corrected chi connectivity index (χ0v) is 15.9. The number of allylic oxidation sites excluding steroid dienone is 1. The van der Waals surface area contributed by atoms with Gasteiger partial charge in [-0.25, -0.2) is 4.79 Å². The molecule has 0 amide bonds. The molecule has 3 heteroatoms. The zero-order valence-electron chi connectivity index (χ0n) is 15.9. The number of esters is 1. The smallest absolute Gasteiger partial charge is 0.333 e. The summed E-state index contributed by atoms with van der Waals surface area (Å²) >= 11 is 0. The second kappa shape index (κ2) is 10.3. The molecule has 3 nitrogen and oxygen atoms in total. The maximum absolute atomic E-state index is 12.3. The van der Waals surface area contributed by atoms with Gasteiger partial charge in [0.1, 0.15) is 5.75 Å². The standard InChI is InChI=1S/C22H32O3/c1-4-5-6-7-8-17(2)25-22(23)20-11-9-18(10-12-20)19-13-15-21(24-3)16-14-19/h11,13-18H,4-10,12H2,1-3H3. The second-order valence-electron chi connectivity index (χ2n) is 7.04. The van der Waals surface area contributed by atoms with Gasteiger partial charge in [0.05, 0.1) is 13.2 Å².